The van der Waals surface area contributed by atoms with Crippen molar-refractivity contribution in [3.63, 3.8) is 0 Å². The maximum atomic E-state index is 9.82. The van der Waals surface area contributed by atoms with Crippen LogP contribution in [0.4, 0.5) is 0 Å². The Kier molecular flexibility index (Phi) is 4.34. The van der Waals surface area contributed by atoms with Crippen molar-refractivity contribution in [3.8, 4) is 0 Å². The summed E-state index contributed by atoms with van der Waals surface area (Å²) in [6.45, 7) is 3.01. The average Bonchev–Trinajstić information content (AvgIpc) is 2.99. The first-order valence-electron chi connectivity index (χ1n) is 8.34. The highest BCUT2D eigenvalue weighted by molar-refractivity contribution is 5.24. The highest BCUT2D eigenvalue weighted by atomic mass is 16.3. The summed E-state index contributed by atoms with van der Waals surface area (Å²) in [6.07, 6.45) is 8.30. The van der Waals surface area contributed by atoms with Gasteiger partial charge in [-0.3, -0.25) is 0 Å². The molecule has 116 valence electrons. The molecule has 1 aliphatic heterocycles. The minimum absolute atomic E-state index is 0.00133. The molecule has 3 nitrogen and oxygen atoms in total. The van der Waals surface area contributed by atoms with Crippen molar-refractivity contribution in [2.75, 3.05) is 26.2 Å². The first-order valence-corrected chi connectivity index (χ1v) is 8.34. The fourth-order valence-corrected chi connectivity index (χ4v) is 4.21. The van der Waals surface area contributed by atoms with Crippen LogP contribution in [0.5, 0.6) is 0 Å². The third-order valence-electron chi connectivity index (χ3n) is 5.72. The van der Waals surface area contributed by atoms with Crippen LogP contribution in [0.1, 0.15) is 44.1 Å². The van der Waals surface area contributed by atoms with E-state index in [1.165, 1.54) is 38.5 Å². The molecule has 1 saturated heterocycles. The first-order chi connectivity index (χ1) is 10.2. The number of piperidine rings is 1. The van der Waals surface area contributed by atoms with Crippen LogP contribution in [-0.2, 0) is 5.54 Å². The highest BCUT2D eigenvalue weighted by Crippen LogP contribution is 2.46. The molecule has 0 radical (unpaired) electrons. The summed E-state index contributed by atoms with van der Waals surface area (Å²) in [5, 5.41) is 9.82. The van der Waals surface area contributed by atoms with Crippen LogP contribution in [0.2, 0.25) is 0 Å². The Labute approximate surface area is 128 Å². The van der Waals surface area contributed by atoms with E-state index in [2.05, 4.69) is 4.90 Å². The molecule has 1 saturated carbocycles. The molecular formula is C18H28N2O. The Morgan fingerprint density at radius 1 is 1.05 bits per heavy atom. The van der Waals surface area contributed by atoms with E-state index >= 15 is 0 Å². The molecule has 3 rings (SSSR count). The van der Waals surface area contributed by atoms with E-state index in [-0.39, 0.29) is 6.61 Å². The number of nitrogens with two attached hydrogens (primary N) is 1. The Balaban J connectivity index is 1.63. The van der Waals surface area contributed by atoms with Gasteiger partial charge in [0.25, 0.3) is 0 Å². The van der Waals surface area contributed by atoms with Crippen molar-refractivity contribution in [1.29, 1.82) is 0 Å². The van der Waals surface area contributed by atoms with Crippen molar-refractivity contribution >= 4 is 0 Å². The first kappa shape index (κ1) is 15.0. The number of hydrogen-bond acceptors (Lipinski definition) is 3. The monoisotopic (exact) mass is 288 g/mol. The molecule has 2 fully saturated rings. The largest absolute Gasteiger partial charge is 0.394 e. The van der Waals surface area contributed by atoms with Gasteiger partial charge in [0.05, 0.1) is 12.1 Å². The lowest BCUT2D eigenvalue weighted by molar-refractivity contribution is 0.0716. The van der Waals surface area contributed by atoms with Gasteiger partial charge in [-0.15, -0.1) is 0 Å². The van der Waals surface area contributed by atoms with Crippen molar-refractivity contribution in [2.45, 2.75) is 44.1 Å². The predicted octanol–water partition coefficient (Wildman–Crippen LogP) is 2.49. The fraction of sp³-hybridized carbons (Fsp3) is 0.667. The molecule has 0 aromatic heterocycles. The van der Waals surface area contributed by atoms with Gasteiger partial charge in [-0.1, -0.05) is 43.2 Å². The molecule has 2 aliphatic rings. The molecule has 3 heteroatoms. The van der Waals surface area contributed by atoms with Crippen molar-refractivity contribution in [3.05, 3.63) is 35.9 Å². The third-order valence-corrected chi connectivity index (χ3v) is 5.72. The topological polar surface area (TPSA) is 49.5 Å². The summed E-state index contributed by atoms with van der Waals surface area (Å²) in [5.74, 6) is 0. The fourth-order valence-electron chi connectivity index (χ4n) is 4.21. The van der Waals surface area contributed by atoms with E-state index in [1.54, 1.807) is 0 Å². The maximum Gasteiger partial charge on any atom is 0.0772 e. The second-order valence-corrected chi connectivity index (χ2v) is 7.16. The summed E-state index contributed by atoms with van der Waals surface area (Å²) in [7, 11) is 0. The van der Waals surface area contributed by atoms with Crippen LogP contribution in [0, 0.1) is 5.41 Å². The van der Waals surface area contributed by atoms with Gasteiger partial charge < -0.3 is 15.7 Å². The molecule has 21 heavy (non-hydrogen) atoms. The zero-order valence-electron chi connectivity index (χ0n) is 12.9. The number of hydrogen-bond donors (Lipinski definition) is 2. The van der Waals surface area contributed by atoms with Gasteiger partial charge in [0.2, 0.25) is 0 Å². The summed E-state index contributed by atoms with van der Waals surface area (Å²) in [5.41, 5.74) is 7.54. The molecule has 1 heterocycles. The van der Waals surface area contributed by atoms with Gasteiger partial charge >= 0.3 is 0 Å². The Morgan fingerprint density at radius 3 is 2.24 bits per heavy atom. The van der Waals surface area contributed by atoms with Gasteiger partial charge in [0, 0.05) is 6.54 Å². The predicted molar refractivity (Wildman–Crippen MR) is 86.0 cm³/mol. The molecule has 1 aromatic rings. The lowest BCUT2D eigenvalue weighted by atomic mass is 9.76. The maximum absolute atomic E-state index is 9.82. The molecular weight excluding hydrogens is 260 g/mol. The summed E-state index contributed by atoms with van der Waals surface area (Å²) < 4.78 is 0. The molecule has 1 unspecified atom stereocenters. The van der Waals surface area contributed by atoms with E-state index in [0.29, 0.717) is 5.41 Å². The van der Waals surface area contributed by atoms with Crippen LogP contribution in [-0.4, -0.2) is 36.2 Å². The van der Waals surface area contributed by atoms with Crippen LogP contribution >= 0.6 is 0 Å². The second kappa shape index (κ2) is 6.07. The smallest absolute Gasteiger partial charge is 0.0772 e. The molecule has 1 aliphatic carbocycles. The van der Waals surface area contributed by atoms with E-state index < -0.39 is 5.54 Å². The highest BCUT2D eigenvalue weighted by Gasteiger charge is 2.38. The van der Waals surface area contributed by atoms with E-state index in [9.17, 15) is 5.11 Å². The number of aliphatic hydroxyl groups excluding tert-OH is 1. The van der Waals surface area contributed by atoms with E-state index in [4.69, 9.17) is 5.73 Å². The van der Waals surface area contributed by atoms with Crippen LogP contribution in [0.15, 0.2) is 30.3 Å². The van der Waals surface area contributed by atoms with Crippen molar-refractivity contribution in [1.82, 2.24) is 4.90 Å². The number of rotatable bonds is 4. The number of likely N-dealkylation sites (tertiary alicyclic amines) is 1. The summed E-state index contributed by atoms with van der Waals surface area (Å²) in [6, 6.07) is 10.0. The lowest BCUT2D eigenvalue weighted by Gasteiger charge is -2.42. The van der Waals surface area contributed by atoms with Crippen molar-refractivity contribution < 1.29 is 5.11 Å². The SMILES string of the molecule is NC(CO)(CN1CCC2(CCCC2)CC1)c1ccccc1. The van der Waals surface area contributed by atoms with Crippen LogP contribution in [0.3, 0.4) is 0 Å². The standard InChI is InChI=1S/C18H28N2O/c19-18(15-21,16-6-2-1-3-7-16)14-20-12-10-17(11-13-20)8-4-5-9-17/h1-3,6-7,21H,4-5,8-15,19H2. The second-order valence-electron chi connectivity index (χ2n) is 7.16. The van der Waals surface area contributed by atoms with Gasteiger partial charge in [-0.25, -0.2) is 0 Å². The Morgan fingerprint density at radius 2 is 1.67 bits per heavy atom. The quantitative estimate of drug-likeness (QED) is 0.895. The minimum atomic E-state index is -0.637. The van der Waals surface area contributed by atoms with Gasteiger partial charge in [-0.2, -0.15) is 0 Å². The van der Waals surface area contributed by atoms with E-state index in [1.807, 2.05) is 30.3 Å². The third kappa shape index (κ3) is 3.15. The van der Waals surface area contributed by atoms with Gasteiger partial charge in [0.1, 0.15) is 0 Å². The molecule has 1 aromatic carbocycles. The summed E-state index contributed by atoms with van der Waals surface area (Å²) >= 11 is 0. The number of nitrogens with zero attached hydrogens (tertiary/aromatic N) is 1. The number of aliphatic hydroxyl groups is 1. The molecule has 0 bridgehead atoms. The minimum Gasteiger partial charge on any atom is -0.394 e. The average molecular weight is 288 g/mol. The molecule has 3 N–H and O–H groups in total. The zero-order valence-corrected chi connectivity index (χ0v) is 12.9. The van der Waals surface area contributed by atoms with Crippen molar-refractivity contribution in [2.24, 2.45) is 11.1 Å². The van der Waals surface area contributed by atoms with Crippen LogP contribution < -0.4 is 5.73 Å². The summed E-state index contributed by atoms with van der Waals surface area (Å²) in [4.78, 5) is 2.45. The molecule has 0 amide bonds. The Bertz CT molecular complexity index is 446. The zero-order chi connectivity index (χ0) is 14.8. The Hall–Kier alpha value is -0.900. The normalized spacial score (nSPS) is 25.0. The van der Waals surface area contributed by atoms with Gasteiger partial charge in [-0.05, 0) is 49.8 Å². The van der Waals surface area contributed by atoms with Crippen LogP contribution in [0.25, 0.3) is 0 Å². The lowest BCUT2D eigenvalue weighted by Crippen LogP contribution is -2.53. The molecule has 1 spiro atoms. The van der Waals surface area contributed by atoms with E-state index in [0.717, 1.165) is 25.2 Å². The van der Waals surface area contributed by atoms with Gasteiger partial charge in [0.15, 0.2) is 0 Å². The number of benzene rings is 1. The molecule has 1 atom stereocenters.